The van der Waals surface area contributed by atoms with Gasteiger partial charge in [-0.05, 0) is 95.7 Å². The Balaban J connectivity index is 0.000000222. The van der Waals surface area contributed by atoms with E-state index in [1.165, 1.54) is 25.5 Å². The third-order valence-electron chi connectivity index (χ3n) is 7.52. The maximum atomic E-state index is 12.9. The number of anilines is 1. The topological polar surface area (TPSA) is 106 Å². The van der Waals surface area contributed by atoms with Gasteiger partial charge in [0.1, 0.15) is 5.75 Å². The number of hydrogen-bond acceptors (Lipinski definition) is 7. The lowest BCUT2D eigenvalue weighted by atomic mass is 9.99. The second kappa shape index (κ2) is 14.6. The van der Waals surface area contributed by atoms with E-state index >= 15 is 0 Å². The third kappa shape index (κ3) is 8.27. The summed E-state index contributed by atoms with van der Waals surface area (Å²) in [5.74, 6) is 1.49. The number of amides is 1. The smallest absolute Gasteiger partial charge is 0.243 e. The highest BCUT2D eigenvalue weighted by molar-refractivity contribution is 7.89. The molecule has 0 aromatic heterocycles. The molecule has 2 saturated heterocycles. The van der Waals surface area contributed by atoms with Crippen LogP contribution in [0.2, 0.25) is 0 Å². The van der Waals surface area contributed by atoms with Crippen molar-refractivity contribution in [2.75, 3.05) is 51.7 Å². The Morgan fingerprint density at radius 3 is 2.45 bits per heavy atom. The summed E-state index contributed by atoms with van der Waals surface area (Å²) in [4.78, 5) is 15.2. The molecule has 3 atom stereocenters. The van der Waals surface area contributed by atoms with Gasteiger partial charge in [0.15, 0.2) is 0 Å². The molecular formula is C30H43N5O4S. The zero-order valence-electron chi connectivity index (χ0n) is 24.3. The maximum Gasteiger partial charge on any atom is 0.243 e. The molecule has 0 aliphatic carbocycles. The van der Waals surface area contributed by atoms with Crippen LogP contribution in [0, 0.1) is 24.2 Å². The first-order chi connectivity index (χ1) is 19.1. The highest BCUT2D eigenvalue weighted by Gasteiger charge is 2.38. The Morgan fingerprint density at radius 1 is 1.12 bits per heavy atom. The number of piperidine rings is 1. The average molecular weight is 570 g/mol. The second-order valence-electron chi connectivity index (χ2n) is 10.8. The molecule has 2 aliphatic rings. The number of likely N-dealkylation sites (N-methyl/N-ethyl adjacent to an activating group) is 1. The van der Waals surface area contributed by atoms with Gasteiger partial charge in [0.2, 0.25) is 16.4 Å². The van der Waals surface area contributed by atoms with Crippen LogP contribution in [-0.4, -0.2) is 87.4 Å². The zero-order valence-corrected chi connectivity index (χ0v) is 25.2. The lowest BCUT2D eigenvalue weighted by Crippen LogP contribution is -2.58. The molecule has 0 bridgehead atoms. The Hall–Kier alpha value is -2.97. The van der Waals surface area contributed by atoms with Gasteiger partial charge in [0.25, 0.3) is 0 Å². The van der Waals surface area contributed by atoms with Crippen molar-refractivity contribution in [3.8, 4) is 11.8 Å². The number of carbonyl (C=O) groups excluding carboxylic acids is 1. The van der Waals surface area contributed by atoms with Crippen molar-refractivity contribution in [3.63, 3.8) is 0 Å². The van der Waals surface area contributed by atoms with Gasteiger partial charge in [-0.1, -0.05) is 13.0 Å². The van der Waals surface area contributed by atoms with Crippen LogP contribution in [-0.2, 0) is 14.8 Å². The molecule has 9 nitrogen and oxygen atoms in total. The van der Waals surface area contributed by atoms with E-state index in [0.717, 1.165) is 49.8 Å². The predicted molar refractivity (Wildman–Crippen MR) is 158 cm³/mol. The number of hydrogen-bond donors (Lipinski definition) is 1. The maximum absolute atomic E-state index is 12.9. The molecule has 0 radical (unpaired) electrons. The van der Waals surface area contributed by atoms with E-state index in [4.69, 9.17) is 10.00 Å². The lowest BCUT2D eigenvalue weighted by molar-refractivity contribution is -0.105. The minimum atomic E-state index is -3.57. The number of nitrogens with one attached hydrogen (secondary N) is 1. The Labute approximate surface area is 239 Å². The Bertz CT molecular complexity index is 1270. The van der Waals surface area contributed by atoms with Crippen molar-refractivity contribution in [1.29, 1.82) is 5.26 Å². The van der Waals surface area contributed by atoms with Crippen LogP contribution >= 0.6 is 0 Å². The number of likely N-dealkylation sites (tertiary alicyclic amines) is 1. The Kier molecular flexibility index (Phi) is 11.5. The highest BCUT2D eigenvalue weighted by Crippen LogP contribution is 2.26. The molecule has 3 unspecified atom stereocenters. The number of nitriles is 1. The molecule has 2 aliphatic heterocycles. The minimum Gasteiger partial charge on any atom is -0.493 e. The van der Waals surface area contributed by atoms with Gasteiger partial charge in [-0.25, -0.2) is 8.42 Å². The number of benzene rings is 2. The predicted octanol–water partition coefficient (Wildman–Crippen LogP) is 3.95. The number of piperazine rings is 1. The van der Waals surface area contributed by atoms with Crippen molar-refractivity contribution in [3.05, 3.63) is 53.6 Å². The van der Waals surface area contributed by atoms with Gasteiger partial charge in [0, 0.05) is 43.3 Å². The fourth-order valence-corrected chi connectivity index (χ4v) is 7.42. The van der Waals surface area contributed by atoms with Gasteiger partial charge in [0.05, 0.1) is 23.1 Å². The summed E-state index contributed by atoms with van der Waals surface area (Å²) in [6.07, 6.45) is 3.20. The number of carbonyl (C=O) groups is 1. The summed E-state index contributed by atoms with van der Waals surface area (Å²) >= 11 is 0. The van der Waals surface area contributed by atoms with Crippen LogP contribution in [0.5, 0.6) is 5.75 Å². The summed E-state index contributed by atoms with van der Waals surface area (Å²) in [5.41, 5.74) is 2.22. The van der Waals surface area contributed by atoms with Crippen molar-refractivity contribution in [2.24, 2.45) is 5.92 Å². The first kappa shape index (κ1) is 31.6. The van der Waals surface area contributed by atoms with Gasteiger partial charge in [-0.2, -0.15) is 9.57 Å². The molecule has 1 N–H and O–H groups in total. The first-order valence-corrected chi connectivity index (χ1v) is 15.4. The van der Waals surface area contributed by atoms with Crippen LogP contribution in [0.1, 0.15) is 44.7 Å². The van der Waals surface area contributed by atoms with Gasteiger partial charge in [-0.3, -0.25) is 4.79 Å². The summed E-state index contributed by atoms with van der Waals surface area (Å²) in [5, 5.41) is 11.6. The second-order valence-corrected chi connectivity index (χ2v) is 12.7. The van der Waals surface area contributed by atoms with Crippen molar-refractivity contribution >= 4 is 22.1 Å². The number of rotatable bonds is 8. The normalized spacial score (nSPS) is 22.4. The summed E-state index contributed by atoms with van der Waals surface area (Å²) < 4.78 is 33.2. The number of sulfonamides is 1. The minimum absolute atomic E-state index is 0.0792. The van der Waals surface area contributed by atoms with E-state index in [1.54, 1.807) is 22.5 Å². The lowest BCUT2D eigenvalue weighted by Gasteiger charge is -2.43. The van der Waals surface area contributed by atoms with Crippen LogP contribution in [0.25, 0.3) is 0 Å². The number of aryl methyl sites for hydroxylation is 1. The molecule has 2 aromatic carbocycles. The van der Waals surface area contributed by atoms with E-state index in [0.29, 0.717) is 17.9 Å². The van der Waals surface area contributed by atoms with Crippen LogP contribution in [0.15, 0.2) is 47.4 Å². The molecule has 2 heterocycles. The van der Waals surface area contributed by atoms with Gasteiger partial charge < -0.3 is 19.9 Å². The quantitative estimate of drug-likeness (QED) is 0.480. The van der Waals surface area contributed by atoms with Crippen LogP contribution in [0.4, 0.5) is 5.69 Å². The van der Waals surface area contributed by atoms with Crippen LogP contribution in [0.3, 0.4) is 0 Å². The van der Waals surface area contributed by atoms with Crippen molar-refractivity contribution in [1.82, 2.24) is 14.1 Å². The summed E-state index contributed by atoms with van der Waals surface area (Å²) in [6, 6.07) is 13.8. The fraction of sp³-hybridized carbons (Fsp3) is 0.533. The molecule has 2 fully saturated rings. The van der Waals surface area contributed by atoms with Crippen LogP contribution < -0.4 is 10.1 Å². The summed E-state index contributed by atoms with van der Waals surface area (Å²) in [6.45, 7) is 13.4. The van der Waals surface area contributed by atoms with E-state index in [9.17, 15) is 13.2 Å². The van der Waals surface area contributed by atoms with E-state index in [2.05, 4.69) is 29.1 Å². The van der Waals surface area contributed by atoms with Crippen molar-refractivity contribution in [2.45, 2.75) is 57.5 Å². The van der Waals surface area contributed by atoms with E-state index in [-0.39, 0.29) is 17.0 Å². The first-order valence-electron chi connectivity index (χ1n) is 14.0. The molecule has 218 valence electrons. The molecule has 4 rings (SSSR count). The molecule has 2 aromatic rings. The molecule has 0 spiro atoms. The molecule has 0 saturated carbocycles. The highest BCUT2D eigenvalue weighted by atomic mass is 32.2. The molecule has 40 heavy (non-hydrogen) atoms. The third-order valence-corrected chi connectivity index (χ3v) is 9.64. The number of nitrogens with zero attached hydrogens (tertiary/aromatic N) is 4. The van der Waals surface area contributed by atoms with E-state index in [1.807, 2.05) is 45.0 Å². The molecule has 10 heteroatoms. The summed E-state index contributed by atoms with van der Waals surface area (Å²) in [7, 11) is -1.41. The molecular weight excluding hydrogens is 526 g/mol. The monoisotopic (exact) mass is 569 g/mol. The Morgan fingerprint density at radius 2 is 1.85 bits per heavy atom. The molecule has 1 amide bonds. The number of ether oxygens (including phenoxy) is 1. The largest absolute Gasteiger partial charge is 0.493 e. The average Bonchev–Trinajstić information content (AvgIpc) is 2.93. The van der Waals surface area contributed by atoms with Gasteiger partial charge in [-0.15, -0.1) is 0 Å². The standard InChI is InChI=1S/C15H21N3O2S.C15H22N2O2/c1-4-17-10-12(2)18(13(3)11-17)21(19,20)15-7-5-6-14(8-15)9-16;1-12-8-14(5-6-15(12)16-11-18)19-10-13-4-3-7-17(2)9-13/h5-8,12-13H,4,10-11H2,1-3H3;5-6,8,11,13H,3-4,7,9-10H2,1-2H3,(H,16,18). The van der Waals surface area contributed by atoms with E-state index < -0.39 is 10.0 Å². The van der Waals surface area contributed by atoms with Gasteiger partial charge >= 0.3 is 0 Å². The SMILES string of the molecule is CCN1CC(C)N(S(=O)(=O)c2cccc(C#N)c2)C(C)C1.Cc1cc(OCC2CCCN(C)C2)ccc1NC=O. The van der Waals surface area contributed by atoms with Crippen molar-refractivity contribution < 1.29 is 17.9 Å². The fourth-order valence-electron chi connectivity index (χ4n) is 5.57. The zero-order chi connectivity index (χ0) is 29.3.